The first kappa shape index (κ1) is 23.8. The number of alkyl halides is 3. The van der Waals surface area contributed by atoms with Crippen molar-refractivity contribution in [2.75, 3.05) is 6.54 Å². The number of piperidine rings is 1. The van der Waals surface area contributed by atoms with E-state index in [4.69, 9.17) is 4.74 Å². The van der Waals surface area contributed by atoms with Gasteiger partial charge in [0.25, 0.3) is 0 Å². The van der Waals surface area contributed by atoms with E-state index in [1.54, 1.807) is 20.8 Å². The van der Waals surface area contributed by atoms with E-state index < -0.39 is 41.5 Å². The molecular weight excluding hydrogens is 458 g/mol. The minimum atomic E-state index is -4.68. The highest BCUT2D eigenvalue weighted by molar-refractivity contribution is 5.87. The molecule has 34 heavy (non-hydrogen) atoms. The number of hydrogen-bond donors (Lipinski definition) is 1. The van der Waals surface area contributed by atoms with Crippen LogP contribution in [0.3, 0.4) is 0 Å². The summed E-state index contributed by atoms with van der Waals surface area (Å²) in [4.78, 5) is 37.3. The van der Waals surface area contributed by atoms with Crippen LogP contribution in [0.4, 0.5) is 22.4 Å². The van der Waals surface area contributed by atoms with Crippen LogP contribution in [0.15, 0.2) is 24.7 Å². The number of ether oxygens (including phenoxy) is 1. The number of nitrogens with one attached hydrogen (secondary N) is 1. The van der Waals surface area contributed by atoms with Crippen molar-refractivity contribution in [3.8, 4) is 11.3 Å². The summed E-state index contributed by atoms with van der Waals surface area (Å²) < 4.78 is 57.7. The second-order valence-corrected chi connectivity index (χ2v) is 9.41. The van der Waals surface area contributed by atoms with Crippen LogP contribution < -0.4 is 5.32 Å². The monoisotopic (exact) mass is 481 g/mol. The molecule has 0 bridgehead atoms. The van der Waals surface area contributed by atoms with Gasteiger partial charge in [-0.1, -0.05) is 0 Å². The summed E-state index contributed by atoms with van der Waals surface area (Å²) >= 11 is 0. The van der Waals surface area contributed by atoms with E-state index in [0.717, 1.165) is 25.0 Å². The molecule has 2 aliphatic rings. The Bertz CT molecular complexity index is 1100. The van der Waals surface area contributed by atoms with Gasteiger partial charge >= 0.3 is 12.3 Å². The van der Waals surface area contributed by atoms with Crippen LogP contribution in [0.5, 0.6) is 0 Å². The fourth-order valence-corrected chi connectivity index (χ4v) is 3.98. The fourth-order valence-electron chi connectivity index (χ4n) is 3.98. The largest absolute Gasteiger partial charge is 0.451 e. The van der Waals surface area contributed by atoms with Crippen molar-refractivity contribution in [1.82, 2.24) is 25.2 Å². The van der Waals surface area contributed by atoms with E-state index >= 15 is 0 Å². The Balaban J connectivity index is 1.45. The summed E-state index contributed by atoms with van der Waals surface area (Å²) in [5.74, 6) is -2.14. The van der Waals surface area contributed by atoms with Crippen LogP contribution in [-0.4, -0.2) is 50.0 Å². The number of rotatable bonds is 4. The van der Waals surface area contributed by atoms with Crippen LogP contribution in [0, 0.1) is 17.7 Å². The molecule has 1 saturated heterocycles. The van der Waals surface area contributed by atoms with E-state index in [-0.39, 0.29) is 35.2 Å². The topological polar surface area (TPSA) is 97.3 Å². The standard InChI is InChI=1S/C22H23F4N5O3/c1-21(2,3)34-20(33)31-10-12-4-14(12)17(31)18(32)28-6-11-5-16(27-9-15(11)23)13-7-29-19(30-8-13)22(24,25)26/h5,7-9,12,14,17H,4,6,10H2,1-3H3,(H,28,32). The number of aromatic nitrogens is 3. The lowest BCUT2D eigenvalue weighted by molar-refractivity contribution is -0.145. The van der Waals surface area contributed by atoms with Gasteiger partial charge in [0.2, 0.25) is 11.7 Å². The average Bonchev–Trinajstić information content (AvgIpc) is 3.40. The zero-order valence-corrected chi connectivity index (χ0v) is 18.7. The summed E-state index contributed by atoms with van der Waals surface area (Å²) in [6.07, 6.45) is -1.61. The molecule has 182 valence electrons. The maximum atomic E-state index is 14.3. The van der Waals surface area contributed by atoms with Crippen molar-refractivity contribution < 1.29 is 31.9 Å². The number of pyridine rings is 1. The minimum absolute atomic E-state index is 0.0367. The quantitative estimate of drug-likeness (QED) is 0.671. The van der Waals surface area contributed by atoms with Gasteiger partial charge in [-0.2, -0.15) is 13.2 Å². The van der Waals surface area contributed by atoms with Gasteiger partial charge in [-0.15, -0.1) is 0 Å². The number of halogens is 4. The zero-order valence-electron chi connectivity index (χ0n) is 18.7. The smallest absolute Gasteiger partial charge is 0.444 e. The summed E-state index contributed by atoms with van der Waals surface area (Å²) in [6, 6.07) is 0.606. The number of likely N-dealkylation sites (tertiary alicyclic amines) is 1. The van der Waals surface area contributed by atoms with E-state index in [9.17, 15) is 27.2 Å². The van der Waals surface area contributed by atoms with E-state index in [0.29, 0.717) is 6.54 Å². The second-order valence-electron chi connectivity index (χ2n) is 9.41. The molecule has 1 N–H and O–H groups in total. The van der Waals surface area contributed by atoms with E-state index in [2.05, 4.69) is 20.3 Å². The molecule has 2 aromatic heterocycles. The number of amides is 2. The van der Waals surface area contributed by atoms with E-state index in [1.165, 1.54) is 11.0 Å². The van der Waals surface area contributed by atoms with Gasteiger partial charge < -0.3 is 10.1 Å². The molecule has 2 aromatic rings. The Morgan fingerprint density at radius 2 is 1.82 bits per heavy atom. The van der Waals surface area contributed by atoms with Crippen LogP contribution in [0.2, 0.25) is 0 Å². The number of carbonyl (C=O) groups is 2. The molecular formula is C22H23F4N5O3. The predicted octanol–water partition coefficient (Wildman–Crippen LogP) is 3.57. The molecule has 0 radical (unpaired) electrons. The molecule has 1 aliphatic carbocycles. The number of fused-ring (bicyclic) bond motifs is 1. The van der Waals surface area contributed by atoms with Gasteiger partial charge in [-0.05, 0) is 45.1 Å². The molecule has 2 fully saturated rings. The van der Waals surface area contributed by atoms with Crippen molar-refractivity contribution in [1.29, 1.82) is 0 Å². The Kier molecular flexibility index (Phi) is 5.94. The lowest BCUT2D eigenvalue weighted by atomic mass is 10.1. The van der Waals surface area contributed by atoms with Gasteiger partial charge in [-0.3, -0.25) is 14.7 Å². The summed E-state index contributed by atoms with van der Waals surface area (Å²) in [5.41, 5.74) is -0.317. The molecule has 0 aromatic carbocycles. The average molecular weight is 481 g/mol. The van der Waals surface area contributed by atoms with Gasteiger partial charge in [-0.25, -0.2) is 19.2 Å². The third-order valence-corrected chi connectivity index (χ3v) is 5.64. The van der Waals surface area contributed by atoms with E-state index in [1.807, 2.05) is 0 Å². The third-order valence-electron chi connectivity index (χ3n) is 5.64. The molecule has 3 heterocycles. The molecule has 0 spiro atoms. The lowest BCUT2D eigenvalue weighted by Gasteiger charge is -2.29. The van der Waals surface area contributed by atoms with Crippen molar-refractivity contribution in [3.05, 3.63) is 41.9 Å². The molecule has 1 aliphatic heterocycles. The van der Waals surface area contributed by atoms with Crippen LogP contribution in [0.25, 0.3) is 11.3 Å². The third kappa shape index (κ3) is 5.10. The van der Waals surface area contributed by atoms with Gasteiger partial charge in [0, 0.05) is 36.6 Å². The van der Waals surface area contributed by atoms with Gasteiger partial charge in [0.15, 0.2) is 0 Å². The zero-order chi connectivity index (χ0) is 24.8. The molecule has 3 unspecified atom stereocenters. The van der Waals surface area contributed by atoms with Crippen LogP contribution in [0.1, 0.15) is 38.6 Å². The van der Waals surface area contributed by atoms with Crippen molar-refractivity contribution in [2.24, 2.45) is 11.8 Å². The maximum Gasteiger partial charge on any atom is 0.451 e. The molecule has 3 atom stereocenters. The van der Waals surface area contributed by atoms with Crippen molar-refractivity contribution >= 4 is 12.0 Å². The maximum absolute atomic E-state index is 14.3. The SMILES string of the molecule is CC(C)(C)OC(=O)N1CC2CC2C1C(=O)NCc1cc(-c2cnc(C(F)(F)F)nc2)ncc1F. The van der Waals surface area contributed by atoms with Crippen molar-refractivity contribution in [2.45, 2.75) is 51.6 Å². The predicted molar refractivity (Wildman–Crippen MR) is 110 cm³/mol. The van der Waals surface area contributed by atoms with Gasteiger partial charge in [0.1, 0.15) is 17.5 Å². The Labute approximate surface area is 192 Å². The highest BCUT2D eigenvalue weighted by Gasteiger charge is 2.57. The molecule has 1 saturated carbocycles. The number of hydrogen-bond acceptors (Lipinski definition) is 6. The van der Waals surface area contributed by atoms with Crippen LogP contribution in [-0.2, 0) is 22.3 Å². The summed E-state index contributed by atoms with van der Waals surface area (Å²) in [5, 5.41) is 2.66. The normalized spacial score (nSPS) is 21.7. The highest BCUT2D eigenvalue weighted by atomic mass is 19.4. The minimum Gasteiger partial charge on any atom is -0.444 e. The lowest BCUT2D eigenvalue weighted by Crippen LogP contribution is -2.49. The molecule has 12 heteroatoms. The second kappa shape index (κ2) is 8.48. The molecule has 2 amide bonds. The molecule has 4 rings (SSSR count). The van der Waals surface area contributed by atoms with Crippen LogP contribution >= 0.6 is 0 Å². The summed E-state index contributed by atoms with van der Waals surface area (Å²) in [7, 11) is 0. The Morgan fingerprint density at radius 3 is 2.44 bits per heavy atom. The number of nitrogens with zero attached hydrogens (tertiary/aromatic N) is 4. The first-order valence-electron chi connectivity index (χ1n) is 10.6. The van der Waals surface area contributed by atoms with Crippen molar-refractivity contribution in [3.63, 3.8) is 0 Å². The fraction of sp³-hybridized carbons (Fsp3) is 0.500. The molecule has 8 nitrogen and oxygen atoms in total. The summed E-state index contributed by atoms with van der Waals surface area (Å²) in [6.45, 7) is 5.45. The Morgan fingerprint density at radius 1 is 1.15 bits per heavy atom. The van der Waals surface area contributed by atoms with Gasteiger partial charge in [0.05, 0.1) is 11.9 Å². The first-order valence-corrected chi connectivity index (χ1v) is 10.6. The number of carbonyl (C=O) groups excluding carboxylic acids is 2. The highest BCUT2D eigenvalue weighted by Crippen LogP contribution is 2.50. The Hall–Kier alpha value is -3.31. The first-order chi connectivity index (χ1) is 15.8.